The number of aliphatic hydroxyl groups excluding tert-OH is 1. The molecule has 1 aromatic rings. The Morgan fingerprint density at radius 3 is 2.45 bits per heavy atom. The molecule has 7 heteroatoms. The molecule has 1 amide bonds. The quantitative estimate of drug-likeness (QED) is 0.677. The summed E-state index contributed by atoms with van der Waals surface area (Å²) in [6.45, 7) is 0.225. The normalized spacial score (nSPS) is 19.6. The third-order valence-corrected chi connectivity index (χ3v) is 3.28. The molecule has 0 aromatic heterocycles. The molecule has 0 spiro atoms. The van der Waals surface area contributed by atoms with E-state index in [4.69, 9.17) is 16.2 Å². The zero-order valence-corrected chi connectivity index (χ0v) is 11.4. The van der Waals surface area contributed by atoms with Crippen molar-refractivity contribution in [1.29, 1.82) is 0 Å². The van der Waals surface area contributed by atoms with E-state index in [0.29, 0.717) is 0 Å². The Balaban J connectivity index is 2.21. The molecule has 108 valence electrons. The van der Waals surface area contributed by atoms with Gasteiger partial charge in [-0.2, -0.15) is 0 Å². The maximum Gasteiger partial charge on any atom is 0.277 e. The topological polar surface area (TPSA) is 105 Å². The van der Waals surface area contributed by atoms with Crippen molar-refractivity contribution in [3.05, 3.63) is 41.3 Å². The highest BCUT2D eigenvalue weighted by Crippen LogP contribution is 2.20. The van der Waals surface area contributed by atoms with Crippen molar-refractivity contribution in [1.82, 2.24) is 9.80 Å². The predicted molar refractivity (Wildman–Crippen MR) is 72.7 cm³/mol. The monoisotopic (exact) mass is 278 g/mol. The number of amides is 1. The minimum atomic E-state index is -1.14. The zero-order chi connectivity index (χ0) is 14.9. The number of rotatable bonds is 3. The van der Waals surface area contributed by atoms with Gasteiger partial charge in [-0.1, -0.05) is 12.1 Å². The van der Waals surface area contributed by atoms with Crippen LogP contribution in [-0.2, 0) is 11.3 Å². The average Bonchev–Trinajstić information content (AvgIpc) is 2.48. The van der Waals surface area contributed by atoms with Crippen LogP contribution >= 0.6 is 0 Å². The summed E-state index contributed by atoms with van der Waals surface area (Å²) in [7, 11) is 3.15. The summed E-state index contributed by atoms with van der Waals surface area (Å²) in [5.74, 6) is 0.317. The van der Waals surface area contributed by atoms with E-state index in [9.17, 15) is 9.90 Å². The molecule has 7 nitrogen and oxygen atoms in total. The summed E-state index contributed by atoms with van der Waals surface area (Å²) in [6, 6.07) is 7.20. The second-order valence-electron chi connectivity index (χ2n) is 4.54. The van der Waals surface area contributed by atoms with E-state index >= 15 is 0 Å². The molecule has 0 bridgehead atoms. The molecule has 0 fully saturated rings. The van der Waals surface area contributed by atoms with Gasteiger partial charge in [-0.15, -0.1) is 0 Å². The van der Waals surface area contributed by atoms with Gasteiger partial charge in [0.05, 0.1) is 13.7 Å². The van der Waals surface area contributed by atoms with Crippen molar-refractivity contribution >= 4 is 5.91 Å². The van der Waals surface area contributed by atoms with Gasteiger partial charge in [-0.05, 0) is 17.7 Å². The number of aliphatic hydroxyl groups is 1. The highest BCUT2D eigenvalue weighted by molar-refractivity contribution is 5.93. The Morgan fingerprint density at radius 1 is 1.30 bits per heavy atom. The van der Waals surface area contributed by atoms with Crippen LogP contribution in [0.25, 0.3) is 0 Å². The van der Waals surface area contributed by atoms with Gasteiger partial charge < -0.3 is 26.2 Å². The minimum Gasteiger partial charge on any atom is -0.497 e. The van der Waals surface area contributed by atoms with E-state index in [2.05, 4.69) is 0 Å². The summed E-state index contributed by atoms with van der Waals surface area (Å²) < 4.78 is 5.07. The van der Waals surface area contributed by atoms with Gasteiger partial charge in [0.1, 0.15) is 17.3 Å². The fourth-order valence-electron chi connectivity index (χ4n) is 1.97. The number of ether oxygens (including phenoxy) is 1. The summed E-state index contributed by atoms with van der Waals surface area (Å²) in [5, 5.41) is 10.1. The van der Waals surface area contributed by atoms with Gasteiger partial charge >= 0.3 is 0 Å². The zero-order valence-electron chi connectivity index (χ0n) is 11.4. The molecule has 1 atom stereocenters. The van der Waals surface area contributed by atoms with E-state index in [1.807, 2.05) is 12.1 Å². The number of nitrogens with two attached hydrogens (primary N) is 2. The van der Waals surface area contributed by atoms with Crippen LogP contribution in [0.5, 0.6) is 5.75 Å². The molecule has 0 aliphatic carbocycles. The molecule has 1 unspecified atom stereocenters. The van der Waals surface area contributed by atoms with Crippen molar-refractivity contribution < 1.29 is 14.6 Å². The van der Waals surface area contributed by atoms with Gasteiger partial charge in [-0.25, -0.2) is 0 Å². The fraction of sp³-hybridized carbons (Fsp3) is 0.308. The second kappa shape index (κ2) is 5.30. The van der Waals surface area contributed by atoms with Gasteiger partial charge in [0.15, 0.2) is 0 Å². The molecule has 1 aliphatic heterocycles. The first-order valence-electron chi connectivity index (χ1n) is 6.05. The third-order valence-electron chi connectivity index (χ3n) is 3.28. The van der Waals surface area contributed by atoms with Crippen LogP contribution in [0.2, 0.25) is 0 Å². The van der Waals surface area contributed by atoms with Crippen LogP contribution in [-0.4, -0.2) is 41.3 Å². The van der Waals surface area contributed by atoms with Gasteiger partial charge in [0, 0.05) is 7.05 Å². The molecule has 1 aliphatic rings. The molecular formula is C13H18N4O3. The number of carbonyl (C=O) groups excluding carboxylic acids is 1. The maximum absolute atomic E-state index is 12.1. The van der Waals surface area contributed by atoms with Crippen LogP contribution in [0.3, 0.4) is 0 Å². The first-order valence-corrected chi connectivity index (χ1v) is 6.05. The number of carbonyl (C=O) groups is 1. The van der Waals surface area contributed by atoms with E-state index in [0.717, 1.165) is 11.3 Å². The summed E-state index contributed by atoms with van der Waals surface area (Å²) >= 11 is 0. The average molecular weight is 278 g/mol. The van der Waals surface area contributed by atoms with Gasteiger partial charge in [0.2, 0.25) is 6.35 Å². The number of hydrogen-bond donors (Lipinski definition) is 3. The fourth-order valence-corrected chi connectivity index (χ4v) is 1.97. The summed E-state index contributed by atoms with van der Waals surface area (Å²) in [6.07, 6.45) is -1.14. The predicted octanol–water partition coefficient (Wildman–Crippen LogP) is -0.668. The number of methoxy groups -OCH3 is 1. The molecule has 0 radical (unpaired) electrons. The molecule has 1 aromatic carbocycles. The Hall–Kier alpha value is -2.41. The first-order chi connectivity index (χ1) is 9.45. The number of nitrogens with zero attached hydrogens (tertiary/aromatic N) is 2. The smallest absolute Gasteiger partial charge is 0.277 e. The van der Waals surface area contributed by atoms with Crippen molar-refractivity contribution in [2.45, 2.75) is 12.9 Å². The lowest BCUT2D eigenvalue weighted by molar-refractivity contribution is -0.155. The summed E-state index contributed by atoms with van der Waals surface area (Å²) in [5.41, 5.74) is 12.1. The molecule has 2 rings (SSSR count). The lowest BCUT2D eigenvalue weighted by Gasteiger charge is -2.39. The SMILES string of the molecule is COc1ccc(CN2C(=O)C(N)=C(N)N(C)C2O)cc1. The molecule has 5 N–H and O–H groups in total. The van der Waals surface area contributed by atoms with Gasteiger partial charge in [-0.3, -0.25) is 9.69 Å². The van der Waals surface area contributed by atoms with Crippen molar-refractivity contribution in [3.8, 4) is 5.75 Å². The largest absolute Gasteiger partial charge is 0.497 e. The lowest BCUT2D eigenvalue weighted by Crippen LogP contribution is -2.56. The van der Waals surface area contributed by atoms with Crippen LogP contribution < -0.4 is 16.2 Å². The molecule has 1 heterocycles. The number of benzene rings is 1. The standard InChI is InChI=1S/C13H18N4O3/c1-16-11(15)10(14)12(18)17(13(16)19)7-8-3-5-9(20-2)6-4-8/h3-6,13,19H,7,14-15H2,1-2H3. The van der Waals surface area contributed by atoms with Crippen LogP contribution in [0, 0.1) is 0 Å². The second-order valence-corrected chi connectivity index (χ2v) is 4.54. The van der Waals surface area contributed by atoms with Crippen molar-refractivity contribution in [2.75, 3.05) is 14.2 Å². The molecule has 0 saturated heterocycles. The van der Waals surface area contributed by atoms with Gasteiger partial charge in [0.25, 0.3) is 5.91 Å². The van der Waals surface area contributed by atoms with E-state index < -0.39 is 12.3 Å². The highest BCUT2D eigenvalue weighted by atomic mass is 16.5. The van der Waals surface area contributed by atoms with Crippen LogP contribution in [0.15, 0.2) is 35.8 Å². The van der Waals surface area contributed by atoms with Crippen LogP contribution in [0.1, 0.15) is 5.56 Å². The highest BCUT2D eigenvalue weighted by Gasteiger charge is 2.34. The molecular weight excluding hydrogens is 260 g/mol. The Kier molecular flexibility index (Phi) is 3.71. The Bertz CT molecular complexity index is 541. The van der Waals surface area contributed by atoms with E-state index in [1.54, 1.807) is 26.3 Å². The van der Waals surface area contributed by atoms with E-state index in [-0.39, 0.29) is 18.1 Å². The first kappa shape index (κ1) is 14.0. The van der Waals surface area contributed by atoms with Crippen molar-refractivity contribution in [3.63, 3.8) is 0 Å². The Labute approximate surface area is 117 Å². The molecule has 0 saturated carbocycles. The lowest BCUT2D eigenvalue weighted by atomic mass is 10.2. The molecule has 20 heavy (non-hydrogen) atoms. The maximum atomic E-state index is 12.1. The summed E-state index contributed by atoms with van der Waals surface area (Å²) in [4.78, 5) is 14.7. The Morgan fingerprint density at radius 2 is 1.90 bits per heavy atom. The van der Waals surface area contributed by atoms with E-state index in [1.165, 1.54) is 9.80 Å². The minimum absolute atomic E-state index is 0.0636. The third kappa shape index (κ3) is 2.35. The van der Waals surface area contributed by atoms with Crippen molar-refractivity contribution in [2.24, 2.45) is 11.5 Å². The van der Waals surface area contributed by atoms with Crippen LogP contribution in [0.4, 0.5) is 0 Å². The number of hydrogen-bond acceptors (Lipinski definition) is 6.